The summed E-state index contributed by atoms with van der Waals surface area (Å²) in [4.78, 5) is 14.3. The van der Waals surface area contributed by atoms with E-state index in [1.807, 2.05) is 43.3 Å². The van der Waals surface area contributed by atoms with Crippen molar-refractivity contribution in [2.24, 2.45) is 5.92 Å². The van der Waals surface area contributed by atoms with Crippen LogP contribution in [0.3, 0.4) is 0 Å². The summed E-state index contributed by atoms with van der Waals surface area (Å²) in [6, 6.07) is 12.9. The summed E-state index contributed by atoms with van der Waals surface area (Å²) < 4.78 is 40.5. The molecule has 28 heavy (non-hydrogen) atoms. The fourth-order valence-corrected chi connectivity index (χ4v) is 4.89. The molecule has 0 aliphatic carbocycles. The van der Waals surface area contributed by atoms with Crippen LogP contribution in [0.2, 0.25) is 0 Å². The summed E-state index contributed by atoms with van der Waals surface area (Å²) in [5.41, 5.74) is 1.62. The van der Waals surface area contributed by atoms with E-state index in [4.69, 9.17) is 0 Å². The maximum atomic E-state index is 13.9. The lowest BCUT2D eigenvalue weighted by Crippen LogP contribution is -2.41. The second kappa shape index (κ2) is 8.28. The van der Waals surface area contributed by atoms with Gasteiger partial charge in [-0.05, 0) is 37.1 Å². The fourth-order valence-electron chi connectivity index (χ4n) is 3.36. The maximum Gasteiger partial charge on any atom is 0.245 e. The van der Waals surface area contributed by atoms with Gasteiger partial charge in [-0.25, -0.2) is 12.8 Å². The van der Waals surface area contributed by atoms with Crippen molar-refractivity contribution in [3.8, 4) is 0 Å². The van der Waals surface area contributed by atoms with Crippen LogP contribution in [0, 0.1) is 11.7 Å². The van der Waals surface area contributed by atoms with E-state index in [0.29, 0.717) is 12.8 Å². The second-order valence-corrected chi connectivity index (χ2v) is 8.92. The number of nitrogens with one attached hydrogen (secondary N) is 1. The van der Waals surface area contributed by atoms with Crippen LogP contribution >= 0.6 is 0 Å². The van der Waals surface area contributed by atoms with Gasteiger partial charge in [-0.1, -0.05) is 24.3 Å². The Bertz CT molecular complexity index is 955. The SMILES string of the molecule is CN(C)c1ccccc1NC(=O)C1CCN(S(=O)(=O)c2ccccc2F)CC1. The minimum absolute atomic E-state index is 0.128. The molecule has 2 aromatic rings. The number of benzene rings is 2. The van der Waals surface area contributed by atoms with Gasteiger partial charge in [-0.2, -0.15) is 4.31 Å². The molecule has 1 heterocycles. The smallest absolute Gasteiger partial charge is 0.245 e. The number of anilines is 2. The number of hydrogen-bond donors (Lipinski definition) is 1. The van der Waals surface area contributed by atoms with Crippen molar-refractivity contribution in [2.75, 3.05) is 37.4 Å². The van der Waals surface area contributed by atoms with Crippen molar-refractivity contribution in [3.63, 3.8) is 0 Å². The van der Waals surface area contributed by atoms with Crippen molar-refractivity contribution in [1.82, 2.24) is 4.31 Å². The summed E-state index contributed by atoms with van der Waals surface area (Å²) in [5.74, 6) is -1.18. The molecule has 1 amide bonds. The van der Waals surface area contributed by atoms with E-state index in [2.05, 4.69) is 5.32 Å². The van der Waals surface area contributed by atoms with Crippen LogP contribution in [0.1, 0.15) is 12.8 Å². The number of halogens is 1. The molecule has 0 saturated carbocycles. The van der Waals surface area contributed by atoms with Crippen LogP contribution < -0.4 is 10.2 Å². The minimum Gasteiger partial charge on any atom is -0.376 e. The Morgan fingerprint density at radius 3 is 2.32 bits per heavy atom. The molecular formula is C20H24FN3O3S. The highest BCUT2D eigenvalue weighted by Crippen LogP contribution is 2.28. The van der Waals surface area contributed by atoms with Crippen LogP contribution in [0.25, 0.3) is 0 Å². The Hall–Kier alpha value is -2.45. The zero-order chi connectivity index (χ0) is 20.3. The first-order valence-electron chi connectivity index (χ1n) is 9.12. The monoisotopic (exact) mass is 405 g/mol. The molecule has 1 saturated heterocycles. The number of carbonyl (C=O) groups is 1. The molecule has 8 heteroatoms. The van der Waals surface area contributed by atoms with Crippen molar-refractivity contribution >= 4 is 27.3 Å². The number of amides is 1. The molecule has 3 rings (SSSR count). The minimum atomic E-state index is -3.90. The Morgan fingerprint density at radius 2 is 1.68 bits per heavy atom. The van der Waals surface area contributed by atoms with Gasteiger partial charge in [0.25, 0.3) is 0 Å². The first-order chi connectivity index (χ1) is 13.3. The van der Waals surface area contributed by atoms with Crippen LogP contribution in [-0.2, 0) is 14.8 Å². The van der Waals surface area contributed by atoms with Gasteiger partial charge in [0, 0.05) is 33.1 Å². The highest BCUT2D eigenvalue weighted by Gasteiger charge is 2.33. The van der Waals surface area contributed by atoms with Crippen molar-refractivity contribution < 1.29 is 17.6 Å². The van der Waals surface area contributed by atoms with Crippen LogP contribution in [0.4, 0.5) is 15.8 Å². The van der Waals surface area contributed by atoms with E-state index in [9.17, 15) is 17.6 Å². The normalized spacial score (nSPS) is 16.0. The Labute approximate surface area is 165 Å². The number of rotatable bonds is 5. The molecule has 150 valence electrons. The van der Waals surface area contributed by atoms with Gasteiger partial charge in [0.2, 0.25) is 15.9 Å². The average Bonchev–Trinajstić information content (AvgIpc) is 2.68. The Morgan fingerprint density at radius 1 is 1.07 bits per heavy atom. The lowest BCUT2D eigenvalue weighted by molar-refractivity contribution is -0.120. The van der Waals surface area contributed by atoms with E-state index < -0.39 is 15.8 Å². The summed E-state index contributed by atoms with van der Waals surface area (Å²) in [6.07, 6.45) is 0.785. The van der Waals surface area contributed by atoms with Gasteiger partial charge >= 0.3 is 0 Å². The second-order valence-electron chi connectivity index (χ2n) is 7.01. The third kappa shape index (κ3) is 4.18. The van der Waals surface area contributed by atoms with Crippen LogP contribution in [0.5, 0.6) is 0 Å². The molecule has 0 spiro atoms. The molecular weight excluding hydrogens is 381 g/mol. The van der Waals surface area contributed by atoms with E-state index in [1.165, 1.54) is 22.5 Å². The molecule has 0 radical (unpaired) electrons. The molecule has 1 aliphatic rings. The standard InChI is InChI=1S/C20H24FN3O3S/c1-23(2)18-9-5-4-8-17(18)22-20(25)15-11-13-24(14-12-15)28(26,27)19-10-6-3-7-16(19)21/h3-10,15H,11-14H2,1-2H3,(H,22,25). The third-order valence-corrected chi connectivity index (χ3v) is 6.85. The molecule has 2 aromatic carbocycles. The summed E-state index contributed by atoms with van der Waals surface area (Å²) >= 11 is 0. The number of carbonyl (C=O) groups excluding carboxylic acids is 1. The zero-order valence-electron chi connectivity index (χ0n) is 15.9. The van der Waals surface area contributed by atoms with Crippen LogP contribution in [0.15, 0.2) is 53.4 Å². The summed E-state index contributed by atoms with van der Waals surface area (Å²) in [5, 5.41) is 2.95. The Kier molecular flexibility index (Phi) is 6.00. The molecule has 0 bridgehead atoms. The maximum absolute atomic E-state index is 13.9. The predicted molar refractivity (Wildman–Crippen MR) is 107 cm³/mol. The highest BCUT2D eigenvalue weighted by molar-refractivity contribution is 7.89. The highest BCUT2D eigenvalue weighted by atomic mass is 32.2. The van der Waals surface area contributed by atoms with Crippen molar-refractivity contribution in [3.05, 3.63) is 54.3 Å². The largest absolute Gasteiger partial charge is 0.376 e. The number of nitrogens with zero attached hydrogens (tertiary/aromatic N) is 2. The molecule has 6 nitrogen and oxygen atoms in total. The molecule has 1 aliphatic heterocycles. The summed E-state index contributed by atoms with van der Waals surface area (Å²) in [6.45, 7) is 0.369. The molecule has 1 fully saturated rings. The van der Waals surface area contributed by atoms with Crippen molar-refractivity contribution in [2.45, 2.75) is 17.7 Å². The molecule has 1 N–H and O–H groups in total. The van der Waals surface area contributed by atoms with Gasteiger partial charge in [-0.3, -0.25) is 4.79 Å². The predicted octanol–water partition coefficient (Wildman–Crippen LogP) is 2.93. The van der Waals surface area contributed by atoms with Gasteiger partial charge in [0.1, 0.15) is 10.7 Å². The molecule has 0 atom stereocenters. The van der Waals surface area contributed by atoms with E-state index in [1.54, 1.807) is 0 Å². The molecule has 0 unspecified atom stereocenters. The number of para-hydroxylation sites is 2. The first kappa shape index (κ1) is 20.3. The van der Waals surface area contributed by atoms with Crippen LogP contribution in [-0.4, -0.2) is 45.8 Å². The van der Waals surface area contributed by atoms with E-state index >= 15 is 0 Å². The average molecular weight is 405 g/mol. The fraction of sp³-hybridized carbons (Fsp3) is 0.350. The number of hydrogen-bond acceptors (Lipinski definition) is 4. The molecule has 0 aromatic heterocycles. The quantitative estimate of drug-likeness (QED) is 0.830. The van der Waals surface area contributed by atoms with Crippen molar-refractivity contribution in [1.29, 1.82) is 0 Å². The van der Waals surface area contributed by atoms with Gasteiger partial charge in [0.05, 0.1) is 11.4 Å². The topological polar surface area (TPSA) is 69.7 Å². The van der Waals surface area contributed by atoms with E-state index in [-0.39, 0.29) is 29.8 Å². The first-order valence-corrected chi connectivity index (χ1v) is 10.6. The number of piperidine rings is 1. The third-order valence-electron chi connectivity index (χ3n) is 4.92. The summed E-state index contributed by atoms with van der Waals surface area (Å²) in [7, 11) is -0.0990. The lowest BCUT2D eigenvalue weighted by Gasteiger charge is -2.31. The lowest BCUT2D eigenvalue weighted by atomic mass is 9.97. The van der Waals surface area contributed by atoms with Gasteiger partial charge in [0.15, 0.2) is 0 Å². The van der Waals surface area contributed by atoms with Gasteiger partial charge in [-0.15, -0.1) is 0 Å². The Balaban J connectivity index is 1.66. The van der Waals surface area contributed by atoms with Gasteiger partial charge < -0.3 is 10.2 Å². The van der Waals surface area contributed by atoms with E-state index in [0.717, 1.165) is 17.4 Å². The number of sulfonamides is 1. The zero-order valence-corrected chi connectivity index (χ0v) is 16.7.